The minimum Gasteiger partial charge on any atom is -0.479 e. The van der Waals surface area contributed by atoms with Crippen LogP contribution in [0.2, 0.25) is 0 Å². The third kappa shape index (κ3) is 1.84. The Kier molecular flexibility index (Phi) is 3.01. The van der Waals surface area contributed by atoms with Gasteiger partial charge in [0.15, 0.2) is 11.3 Å². The summed E-state index contributed by atoms with van der Waals surface area (Å²) < 4.78 is 5.29. The first-order valence-corrected chi connectivity index (χ1v) is 5.47. The van der Waals surface area contributed by atoms with E-state index in [1.807, 2.05) is 19.1 Å². The van der Waals surface area contributed by atoms with Crippen LogP contribution in [-0.2, 0) is 0 Å². The van der Waals surface area contributed by atoms with Crippen molar-refractivity contribution < 1.29 is 4.74 Å². The molecule has 1 aromatic heterocycles. The van der Waals surface area contributed by atoms with Gasteiger partial charge in [0.05, 0.1) is 12.1 Å². The molecule has 4 heteroatoms. The number of hydrogen-bond acceptors (Lipinski definition) is 3. The van der Waals surface area contributed by atoms with Gasteiger partial charge in [-0.25, -0.2) is 0 Å². The highest BCUT2D eigenvalue weighted by molar-refractivity contribution is 7.79. The number of para-hydroxylation sites is 1. The molecule has 1 aromatic carbocycles. The normalized spacial score (nSPS) is 10.3. The smallest absolute Gasteiger partial charge is 0.195 e. The standard InChI is InChI=1S/C12H11NO2S/c1-2-15-11-6-10(14)9-5-3-4-8(7-16)12(9)13-11/h3-7H,2H2,1H3,(H,13,14). The zero-order valence-electron chi connectivity index (χ0n) is 8.82. The summed E-state index contributed by atoms with van der Waals surface area (Å²) in [4.78, 5) is 14.9. The Morgan fingerprint density at radius 2 is 2.31 bits per heavy atom. The maximum Gasteiger partial charge on any atom is 0.195 e. The molecule has 0 saturated heterocycles. The summed E-state index contributed by atoms with van der Waals surface area (Å²) in [6, 6.07) is 6.91. The van der Waals surface area contributed by atoms with Crippen LogP contribution in [0.1, 0.15) is 12.5 Å². The summed E-state index contributed by atoms with van der Waals surface area (Å²) in [7, 11) is 0. The van der Waals surface area contributed by atoms with E-state index < -0.39 is 0 Å². The minimum absolute atomic E-state index is 0.0594. The largest absolute Gasteiger partial charge is 0.479 e. The molecule has 0 aliphatic carbocycles. The van der Waals surface area contributed by atoms with Gasteiger partial charge in [0.25, 0.3) is 0 Å². The summed E-state index contributed by atoms with van der Waals surface area (Å²) in [5, 5.41) is 2.18. The third-order valence-electron chi connectivity index (χ3n) is 2.30. The molecule has 0 aliphatic heterocycles. The summed E-state index contributed by atoms with van der Waals surface area (Å²) >= 11 is 4.91. The van der Waals surface area contributed by atoms with Gasteiger partial charge < -0.3 is 9.72 Å². The SMILES string of the molecule is CCOc1cc(=O)c2cccc(C=S)c2[nH]1. The molecule has 0 atom stereocenters. The number of ether oxygens (including phenoxy) is 1. The Morgan fingerprint density at radius 3 is 3.00 bits per heavy atom. The zero-order valence-corrected chi connectivity index (χ0v) is 9.64. The van der Waals surface area contributed by atoms with Crippen molar-refractivity contribution in [1.82, 2.24) is 4.98 Å². The highest BCUT2D eigenvalue weighted by Crippen LogP contribution is 2.15. The molecular formula is C12H11NO2S. The number of hydrogen-bond donors (Lipinski definition) is 1. The van der Waals surface area contributed by atoms with Crippen LogP contribution in [-0.4, -0.2) is 17.0 Å². The number of thiocarbonyl (C=S) groups is 1. The molecule has 82 valence electrons. The molecule has 0 radical (unpaired) electrons. The number of rotatable bonds is 3. The van der Waals surface area contributed by atoms with E-state index in [1.165, 1.54) is 6.07 Å². The van der Waals surface area contributed by atoms with E-state index in [0.29, 0.717) is 17.9 Å². The van der Waals surface area contributed by atoms with Gasteiger partial charge in [0, 0.05) is 22.4 Å². The average Bonchev–Trinajstić information content (AvgIpc) is 2.29. The molecule has 0 spiro atoms. The molecule has 3 nitrogen and oxygen atoms in total. The first-order valence-electron chi connectivity index (χ1n) is 5.00. The fraction of sp³-hybridized carbons (Fsp3) is 0.167. The second kappa shape index (κ2) is 4.45. The second-order valence-electron chi connectivity index (χ2n) is 3.32. The average molecular weight is 233 g/mol. The fourth-order valence-electron chi connectivity index (χ4n) is 1.60. The lowest BCUT2D eigenvalue weighted by Crippen LogP contribution is -2.06. The van der Waals surface area contributed by atoms with E-state index in [2.05, 4.69) is 4.98 Å². The van der Waals surface area contributed by atoms with Gasteiger partial charge in [-0.1, -0.05) is 24.4 Å². The Bertz CT molecular complexity index is 589. The van der Waals surface area contributed by atoms with Crippen LogP contribution in [0.15, 0.2) is 29.1 Å². The number of fused-ring (bicyclic) bond motifs is 1. The molecule has 2 rings (SSSR count). The molecule has 0 bridgehead atoms. The number of H-pyrrole nitrogens is 1. The number of pyridine rings is 1. The fourth-order valence-corrected chi connectivity index (χ4v) is 1.80. The van der Waals surface area contributed by atoms with E-state index in [-0.39, 0.29) is 5.43 Å². The topological polar surface area (TPSA) is 42.1 Å². The third-order valence-corrected chi connectivity index (χ3v) is 2.55. The van der Waals surface area contributed by atoms with Crippen LogP contribution in [0.3, 0.4) is 0 Å². The molecule has 2 aromatic rings. The van der Waals surface area contributed by atoms with Gasteiger partial charge in [0.1, 0.15) is 0 Å². The molecule has 16 heavy (non-hydrogen) atoms. The van der Waals surface area contributed by atoms with Crippen LogP contribution in [0.5, 0.6) is 5.88 Å². The van der Waals surface area contributed by atoms with E-state index in [1.54, 1.807) is 11.4 Å². The van der Waals surface area contributed by atoms with Crippen LogP contribution in [0.4, 0.5) is 0 Å². The Labute approximate surface area is 98.1 Å². The van der Waals surface area contributed by atoms with Crippen molar-refractivity contribution in [2.45, 2.75) is 6.92 Å². The molecule has 0 saturated carbocycles. The lowest BCUT2D eigenvalue weighted by molar-refractivity contribution is 0.328. The van der Waals surface area contributed by atoms with E-state index >= 15 is 0 Å². The van der Waals surface area contributed by atoms with Gasteiger partial charge in [-0.15, -0.1) is 0 Å². The predicted molar refractivity (Wildman–Crippen MR) is 68.5 cm³/mol. The molecular weight excluding hydrogens is 222 g/mol. The molecule has 0 fully saturated rings. The Balaban J connectivity index is 2.77. The van der Waals surface area contributed by atoms with Crippen LogP contribution in [0, 0.1) is 0 Å². The lowest BCUT2D eigenvalue weighted by Gasteiger charge is -2.06. The summed E-state index contributed by atoms with van der Waals surface area (Å²) in [6.45, 7) is 2.38. The van der Waals surface area contributed by atoms with E-state index in [0.717, 1.165) is 11.1 Å². The number of aromatic amines is 1. The molecule has 1 N–H and O–H groups in total. The summed E-state index contributed by atoms with van der Waals surface area (Å²) in [5.41, 5.74) is 1.50. The first-order chi connectivity index (χ1) is 7.76. The number of benzene rings is 1. The van der Waals surface area contributed by atoms with Crippen molar-refractivity contribution in [1.29, 1.82) is 0 Å². The zero-order chi connectivity index (χ0) is 11.5. The second-order valence-corrected chi connectivity index (χ2v) is 3.55. The van der Waals surface area contributed by atoms with Crippen molar-refractivity contribution >= 4 is 28.5 Å². The summed E-state index contributed by atoms with van der Waals surface area (Å²) in [6.07, 6.45) is 0. The highest BCUT2D eigenvalue weighted by atomic mass is 32.1. The molecule has 0 amide bonds. The number of nitrogens with one attached hydrogen (secondary N) is 1. The van der Waals surface area contributed by atoms with Crippen LogP contribution in [0.25, 0.3) is 10.9 Å². The molecule has 0 aliphatic rings. The summed E-state index contributed by atoms with van der Waals surface area (Å²) in [5.74, 6) is 0.476. The predicted octanol–water partition coefficient (Wildman–Crippen LogP) is 2.27. The van der Waals surface area contributed by atoms with Gasteiger partial charge in [-0.3, -0.25) is 4.79 Å². The maximum absolute atomic E-state index is 11.8. The van der Waals surface area contributed by atoms with Crippen LogP contribution < -0.4 is 10.2 Å². The Morgan fingerprint density at radius 1 is 1.50 bits per heavy atom. The van der Waals surface area contributed by atoms with E-state index in [4.69, 9.17) is 17.0 Å². The Hall–Kier alpha value is -1.68. The minimum atomic E-state index is -0.0594. The van der Waals surface area contributed by atoms with Crippen molar-refractivity contribution in [2.75, 3.05) is 6.61 Å². The van der Waals surface area contributed by atoms with Gasteiger partial charge >= 0.3 is 0 Å². The quantitative estimate of drug-likeness (QED) is 0.827. The highest BCUT2D eigenvalue weighted by Gasteiger charge is 2.05. The lowest BCUT2D eigenvalue weighted by atomic mass is 10.1. The van der Waals surface area contributed by atoms with Gasteiger partial charge in [-0.2, -0.15) is 0 Å². The van der Waals surface area contributed by atoms with Gasteiger partial charge in [0.2, 0.25) is 0 Å². The van der Waals surface area contributed by atoms with Crippen molar-refractivity contribution in [3.63, 3.8) is 0 Å². The van der Waals surface area contributed by atoms with Crippen molar-refractivity contribution in [3.8, 4) is 5.88 Å². The van der Waals surface area contributed by atoms with Gasteiger partial charge in [-0.05, 0) is 13.0 Å². The van der Waals surface area contributed by atoms with Crippen molar-refractivity contribution in [3.05, 3.63) is 40.1 Å². The first kappa shape index (κ1) is 10.8. The number of aromatic nitrogens is 1. The van der Waals surface area contributed by atoms with Crippen LogP contribution >= 0.6 is 12.2 Å². The maximum atomic E-state index is 11.8. The molecule has 0 unspecified atom stereocenters. The monoisotopic (exact) mass is 233 g/mol. The molecule has 1 heterocycles. The van der Waals surface area contributed by atoms with E-state index in [9.17, 15) is 4.79 Å². The van der Waals surface area contributed by atoms with Crippen molar-refractivity contribution in [2.24, 2.45) is 0 Å².